The molecule has 4 aromatic rings. The minimum atomic E-state index is -0.0506. The molecule has 0 saturated heterocycles. The molecule has 1 fully saturated rings. The van der Waals surface area contributed by atoms with E-state index in [1.165, 1.54) is 12.8 Å². The van der Waals surface area contributed by atoms with Crippen LogP contribution in [0.3, 0.4) is 0 Å². The zero-order chi connectivity index (χ0) is 18.2. The van der Waals surface area contributed by atoms with Gasteiger partial charge in [-0.05, 0) is 29.7 Å². The first-order chi connectivity index (χ1) is 13.3. The number of carbonyl (C=O) groups is 1. The fourth-order valence-corrected chi connectivity index (χ4v) is 4.22. The quantitative estimate of drug-likeness (QED) is 0.553. The van der Waals surface area contributed by atoms with E-state index >= 15 is 0 Å². The van der Waals surface area contributed by atoms with Crippen molar-refractivity contribution in [2.45, 2.75) is 38.1 Å². The number of nitrogens with zero attached hydrogens (tertiary/aromatic N) is 2. The molecule has 1 N–H and O–H groups in total. The monoisotopic (exact) mass is 359 g/mol. The third-order valence-electron chi connectivity index (χ3n) is 5.50. The second-order valence-electron chi connectivity index (χ2n) is 7.25. The molecule has 0 atom stereocenters. The highest BCUT2D eigenvalue weighted by Gasteiger charge is 2.21. The van der Waals surface area contributed by atoms with Crippen LogP contribution in [0.2, 0.25) is 0 Å². The van der Waals surface area contributed by atoms with Crippen molar-refractivity contribution in [3.05, 3.63) is 60.5 Å². The van der Waals surface area contributed by atoms with Gasteiger partial charge in [-0.2, -0.15) is 5.10 Å². The number of benzene rings is 2. The fourth-order valence-electron chi connectivity index (χ4n) is 4.22. The van der Waals surface area contributed by atoms with Crippen molar-refractivity contribution in [3.63, 3.8) is 0 Å². The number of aromatic nitrogens is 2. The zero-order valence-electron chi connectivity index (χ0n) is 15.0. The SMILES string of the molecule is O=C(Cc1coc2ccc3ccccc3c12)Nc1ccnn1C1CCCC1. The zero-order valence-corrected chi connectivity index (χ0v) is 15.0. The number of amides is 1. The fraction of sp³-hybridized carbons (Fsp3) is 0.273. The molecule has 0 spiro atoms. The van der Waals surface area contributed by atoms with Gasteiger partial charge in [0.05, 0.1) is 24.9 Å². The van der Waals surface area contributed by atoms with Gasteiger partial charge < -0.3 is 9.73 Å². The van der Waals surface area contributed by atoms with Crippen molar-refractivity contribution in [1.29, 1.82) is 0 Å². The number of nitrogens with one attached hydrogen (secondary N) is 1. The Morgan fingerprint density at radius 1 is 1.15 bits per heavy atom. The molecule has 5 heteroatoms. The Labute approximate surface area is 157 Å². The molecule has 1 aliphatic rings. The minimum absolute atomic E-state index is 0.0506. The van der Waals surface area contributed by atoms with Crippen molar-refractivity contribution >= 4 is 33.5 Å². The summed E-state index contributed by atoms with van der Waals surface area (Å²) in [6, 6.07) is 14.5. The summed E-state index contributed by atoms with van der Waals surface area (Å²) in [7, 11) is 0. The van der Waals surface area contributed by atoms with E-state index in [0.717, 1.165) is 46.0 Å². The van der Waals surface area contributed by atoms with Crippen LogP contribution in [0.1, 0.15) is 37.3 Å². The summed E-state index contributed by atoms with van der Waals surface area (Å²) >= 11 is 0. The van der Waals surface area contributed by atoms with Crippen LogP contribution in [-0.4, -0.2) is 15.7 Å². The van der Waals surface area contributed by atoms with Gasteiger partial charge in [0.2, 0.25) is 5.91 Å². The molecule has 0 radical (unpaired) electrons. The van der Waals surface area contributed by atoms with Crippen molar-refractivity contribution < 1.29 is 9.21 Å². The highest BCUT2D eigenvalue weighted by Crippen LogP contribution is 2.32. The number of furan rings is 1. The summed E-state index contributed by atoms with van der Waals surface area (Å²) in [5.41, 5.74) is 1.72. The molecule has 0 bridgehead atoms. The molecule has 1 amide bonds. The van der Waals surface area contributed by atoms with Crippen molar-refractivity contribution in [3.8, 4) is 0 Å². The van der Waals surface area contributed by atoms with E-state index in [9.17, 15) is 4.79 Å². The average Bonchev–Trinajstić information content (AvgIpc) is 3.42. The molecular formula is C22H21N3O2. The van der Waals surface area contributed by atoms with Crippen LogP contribution in [0.5, 0.6) is 0 Å². The van der Waals surface area contributed by atoms with Crippen LogP contribution in [0, 0.1) is 0 Å². The van der Waals surface area contributed by atoms with E-state index in [0.29, 0.717) is 6.04 Å². The Morgan fingerprint density at radius 3 is 2.89 bits per heavy atom. The van der Waals surface area contributed by atoms with E-state index in [2.05, 4.69) is 22.5 Å². The van der Waals surface area contributed by atoms with Crippen LogP contribution in [0.15, 0.2) is 59.3 Å². The lowest BCUT2D eigenvalue weighted by molar-refractivity contribution is -0.115. The van der Waals surface area contributed by atoms with Crippen LogP contribution < -0.4 is 5.32 Å². The molecule has 1 aliphatic carbocycles. The Kier molecular flexibility index (Phi) is 3.93. The van der Waals surface area contributed by atoms with Gasteiger partial charge in [0, 0.05) is 17.0 Å². The Morgan fingerprint density at radius 2 is 2.00 bits per heavy atom. The second kappa shape index (κ2) is 6.58. The summed E-state index contributed by atoms with van der Waals surface area (Å²) in [5.74, 6) is 0.731. The number of anilines is 1. The predicted molar refractivity (Wildman–Crippen MR) is 106 cm³/mol. The molecule has 2 aromatic carbocycles. The van der Waals surface area contributed by atoms with Crippen molar-refractivity contribution in [2.24, 2.45) is 0 Å². The maximum atomic E-state index is 12.7. The third kappa shape index (κ3) is 2.89. The normalized spacial score (nSPS) is 15.0. The Balaban J connectivity index is 1.42. The van der Waals surface area contributed by atoms with E-state index in [4.69, 9.17) is 4.42 Å². The molecule has 2 aromatic heterocycles. The van der Waals surface area contributed by atoms with Gasteiger partial charge in [-0.3, -0.25) is 4.79 Å². The van der Waals surface area contributed by atoms with Gasteiger partial charge >= 0.3 is 0 Å². The Bertz CT molecular complexity index is 1120. The smallest absolute Gasteiger partial charge is 0.230 e. The molecule has 0 unspecified atom stereocenters. The van der Waals surface area contributed by atoms with Gasteiger partial charge in [-0.1, -0.05) is 43.2 Å². The van der Waals surface area contributed by atoms with Crippen LogP contribution in [0.4, 0.5) is 5.82 Å². The molecule has 2 heterocycles. The third-order valence-corrected chi connectivity index (χ3v) is 5.50. The number of hydrogen-bond donors (Lipinski definition) is 1. The lowest BCUT2D eigenvalue weighted by Crippen LogP contribution is -2.19. The van der Waals surface area contributed by atoms with Crippen LogP contribution in [0.25, 0.3) is 21.7 Å². The molecule has 0 aliphatic heterocycles. The summed E-state index contributed by atoms with van der Waals surface area (Å²) in [5, 5.41) is 10.7. The molecule has 27 heavy (non-hydrogen) atoms. The summed E-state index contributed by atoms with van der Waals surface area (Å²) in [6.45, 7) is 0. The molecule has 5 nitrogen and oxygen atoms in total. The van der Waals surface area contributed by atoms with Crippen LogP contribution >= 0.6 is 0 Å². The number of fused-ring (bicyclic) bond motifs is 3. The highest BCUT2D eigenvalue weighted by atomic mass is 16.3. The minimum Gasteiger partial charge on any atom is -0.464 e. The van der Waals surface area contributed by atoms with Crippen molar-refractivity contribution in [1.82, 2.24) is 9.78 Å². The highest BCUT2D eigenvalue weighted by molar-refractivity contribution is 6.08. The average molecular weight is 359 g/mol. The number of hydrogen-bond acceptors (Lipinski definition) is 3. The van der Waals surface area contributed by atoms with Gasteiger partial charge in [0.1, 0.15) is 11.4 Å². The predicted octanol–water partition coefficient (Wildman–Crippen LogP) is 5.08. The van der Waals surface area contributed by atoms with E-state index in [-0.39, 0.29) is 12.3 Å². The molecule has 5 rings (SSSR count). The van der Waals surface area contributed by atoms with Crippen molar-refractivity contribution in [2.75, 3.05) is 5.32 Å². The van der Waals surface area contributed by atoms with Gasteiger partial charge in [0.25, 0.3) is 0 Å². The largest absolute Gasteiger partial charge is 0.464 e. The van der Waals surface area contributed by atoms with E-state index in [1.807, 2.05) is 35.0 Å². The second-order valence-corrected chi connectivity index (χ2v) is 7.25. The molecule has 1 saturated carbocycles. The topological polar surface area (TPSA) is 60.1 Å². The molecular weight excluding hydrogens is 338 g/mol. The van der Waals surface area contributed by atoms with Gasteiger partial charge in [-0.25, -0.2) is 4.68 Å². The maximum Gasteiger partial charge on any atom is 0.230 e. The lowest BCUT2D eigenvalue weighted by atomic mass is 10.0. The summed E-state index contributed by atoms with van der Waals surface area (Å²) in [4.78, 5) is 12.7. The van der Waals surface area contributed by atoms with E-state index in [1.54, 1.807) is 12.5 Å². The van der Waals surface area contributed by atoms with Gasteiger partial charge in [0.15, 0.2) is 0 Å². The first-order valence-corrected chi connectivity index (χ1v) is 9.51. The number of rotatable bonds is 4. The summed E-state index contributed by atoms with van der Waals surface area (Å²) in [6.07, 6.45) is 8.44. The first kappa shape index (κ1) is 16.1. The first-order valence-electron chi connectivity index (χ1n) is 9.51. The van der Waals surface area contributed by atoms with Crippen LogP contribution in [-0.2, 0) is 11.2 Å². The van der Waals surface area contributed by atoms with Gasteiger partial charge in [-0.15, -0.1) is 0 Å². The lowest BCUT2D eigenvalue weighted by Gasteiger charge is -2.14. The standard InChI is InChI=1S/C22H21N3O2/c26-21(24-20-11-12-23-25(20)17-6-2-3-7-17)13-16-14-27-19-10-9-15-5-1-4-8-18(15)22(16)19/h1,4-5,8-12,14,17H,2-3,6-7,13H2,(H,24,26). The molecule has 136 valence electrons. The Hall–Kier alpha value is -3.08. The van der Waals surface area contributed by atoms with E-state index < -0.39 is 0 Å². The maximum absolute atomic E-state index is 12.7. The summed E-state index contributed by atoms with van der Waals surface area (Å²) < 4.78 is 7.67. The number of carbonyl (C=O) groups excluding carboxylic acids is 1.